The number of carbonyl (C=O) groups excluding carboxylic acids is 1. The van der Waals surface area contributed by atoms with Crippen LogP contribution in [0.5, 0.6) is 5.75 Å². The highest BCUT2D eigenvalue weighted by molar-refractivity contribution is 5.82. The summed E-state index contributed by atoms with van der Waals surface area (Å²) in [4.78, 5) is 21.0. The van der Waals surface area contributed by atoms with Gasteiger partial charge in [-0.15, -0.1) is 0 Å². The van der Waals surface area contributed by atoms with Crippen LogP contribution < -0.4 is 10.1 Å². The number of hydrogen-bond donors (Lipinski definition) is 1. The number of nitrogens with one attached hydrogen (secondary N) is 1. The summed E-state index contributed by atoms with van der Waals surface area (Å²) in [5, 5.41) is 3.43. The second-order valence-corrected chi connectivity index (χ2v) is 7.87. The Bertz CT molecular complexity index is 699. The molecule has 1 atom stereocenters. The summed E-state index contributed by atoms with van der Waals surface area (Å²) in [6, 6.07) is 8.29. The van der Waals surface area contributed by atoms with Gasteiger partial charge in [-0.2, -0.15) is 0 Å². The summed E-state index contributed by atoms with van der Waals surface area (Å²) >= 11 is 0. The first-order chi connectivity index (χ1) is 12.9. The van der Waals surface area contributed by atoms with E-state index in [4.69, 9.17) is 9.47 Å². The van der Waals surface area contributed by atoms with E-state index in [1.165, 1.54) is 0 Å². The lowest BCUT2D eigenvalue weighted by molar-refractivity contribution is 0.0137. The van der Waals surface area contributed by atoms with E-state index >= 15 is 0 Å². The SMILES string of the molecule is CCOc1cccc(CNC2=NCC3CN(C(=O)OC(C)(C)C)CCN23)c1. The van der Waals surface area contributed by atoms with Gasteiger partial charge >= 0.3 is 6.09 Å². The standard InChI is InChI=1S/C20H30N4O3/c1-5-26-17-8-6-7-15(11-17)12-21-18-22-13-16-14-23(9-10-24(16)18)19(25)27-20(2,3)4/h6-8,11,16H,5,9-10,12-14H2,1-4H3,(H,21,22). The molecule has 1 N–H and O–H groups in total. The molecule has 0 aromatic heterocycles. The monoisotopic (exact) mass is 374 g/mol. The number of rotatable bonds is 4. The lowest BCUT2D eigenvalue weighted by Gasteiger charge is -2.39. The number of aliphatic imine (C=N–C) groups is 1. The van der Waals surface area contributed by atoms with Gasteiger partial charge in [0.2, 0.25) is 0 Å². The van der Waals surface area contributed by atoms with E-state index in [1.807, 2.05) is 45.9 Å². The molecule has 0 spiro atoms. The largest absolute Gasteiger partial charge is 0.494 e. The van der Waals surface area contributed by atoms with Crippen LogP contribution in [0.25, 0.3) is 0 Å². The molecule has 7 nitrogen and oxygen atoms in total. The number of carbonyl (C=O) groups is 1. The number of hydrogen-bond acceptors (Lipinski definition) is 6. The Hall–Kier alpha value is -2.44. The topological polar surface area (TPSA) is 66.4 Å². The van der Waals surface area contributed by atoms with E-state index in [0.717, 1.165) is 23.8 Å². The van der Waals surface area contributed by atoms with Crippen molar-refractivity contribution >= 4 is 12.1 Å². The number of nitrogens with zero attached hydrogens (tertiary/aromatic N) is 3. The lowest BCUT2D eigenvalue weighted by atomic mass is 10.2. The van der Waals surface area contributed by atoms with Crippen LogP contribution in [0.2, 0.25) is 0 Å². The average molecular weight is 374 g/mol. The fourth-order valence-electron chi connectivity index (χ4n) is 3.32. The molecule has 1 saturated heterocycles. The Morgan fingerprint density at radius 1 is 1.33 bits per heavy atom. The Morgan fingerprint density at radius 2 is 2.15 bits per heavy atom. The third kappa shape index (κ3) is 5.05. The van der Waals surface area contributed by atoms with Crippen molar-refractivity contribution < 1.29 is 14.3 Å². The predicted octanol–water partition coefficient (Wildman–Crippen LogP) is 2.47. The molecule has 0 radical (unpaired) electrons. The zero-order valence-electron chi connectivity index (χ0n) is 16.7. The zero-order valence-corrected chi connectivity index (χ0v) is 16.7. The minimum atomic E-state index is -0.469. The number of ether oxygens (including phenoxy) is 2. The van der Waals surface area contributed by atoms with Crippen molar-refractivity contribution in [2.45, 2.75) is 45.9 Å². The van der Waals surface area contributed by atoms with Gasteiger partial charge in [-0.1, -0.05) is 12.1 Å². The maximum absolute atomic E-state index is 12.3. The number of benzene rings is 1. The number of guanidine groups is 1. The molecule has 2 aliphatic rings. The van der Waals surface area contributed by atoms with Crippen LogP contribution in [0.4, 0.5) is 4.79 Å². The number of amides is 1. The van der Waals surface area contributed by atoms with Crippen molar-refractivity contribution in [2.75, 3.05) is 32.8 Å². The van der Waals surface area contributed by atoms with Gasteiger partial charge in [0.05, 0.1) is 19.2 Å². The van der Waals surface area contributed by atoms with Gasteiger partial charge in [0.1, 0.15) is 11.4 Å². The summed E-state index contributed by atoms with van der Waals surface area (Å²) in [6.07, 6.45) is -0.240. The van der Waals surface area contributed by atoms with Crippen molar-refractivity contribution in [3.05, 3.63) is 29.8 Å². The van der Waals surface area contributed by atoms with Crippen LogP contribution in [-0.4, -0.2) is 66.3 Å². The normalized spacial score (nSPS) is 19.4. The number of fused-ring (bicyclic) bond motifs is 1. The quantitative estimate of drug-likeness (QED) is 0.877. The third-order valence-corrected chi connectivity index (χ3v) is 4.52. The molecule has 7 heteroatoms. The third-order valence-electron chi connectivity index (χ3n) is 4.52. The van der Waals surface area contributed by atoms with E-state index in [2.05, 4.69) is 21.3 Å². The smallest absolute Gasteiger partial charge is 0.410 e. The van der Waals surface area contributed by atoms with E-state index in [1.54, 1.807) is 4.90 Å². The van der Waals surface area contributed by atoms with E-state index < -0.39 is 5.60 Å². The van der Waals surface area contributed by atoms with E-state index in [0.29, 0.717) is 32.8 Å². The average Bonchev–Trinajstić information content (AvgIpc) is 3.01. The van der Waals surface area contributed by atoms with Gasteiger partial charge in [0.15, 0.2) is 5.96 Å². The van der Waals surface area contributed by atoms with Crippen LogP contribution >= 0.6 is 0 Å². The summed E-state index contributed by atoms with van der Waals surface area (Å²) in [6.45, 7) is 11.7. The van der Waals surface area contributed by atoms with Crippen LogP contribution in [0.15, 0.2) is 29.3 Å². The summed E-state index contributed by atoms with van der Waals surface area (Å²) in [7, 11) is 0. The molecule has 0 saturated carbocycles. The highest BCUT2D eigenvalue weighted by Crippen LogP contribution is 2.19. The van der Waals surface area contributed by atoms with Crippen molar-refractivity contribution in [2.24, 2.45) is 4.99 Å². The van der Waals surface area contributed by atoms with Gasteiger partial charge in [-0.25, -0.2) is 4.79 Å². The molecule has 2 aliphatic heterocycles. The molecular formula is C20H30N4O3. The molecule has 0 aliphatic carbocycles. The van der Waals surface area contributed by atoms with Crippen molar-refractivity contribution in [3.63, 3.8) is 0 Å². The second-order valence-electron chi connectivity index (χ2n) is 7.87. The van der Waals surface area contributed by atoms with Crippen LogP contribution in [0.3, 0.4) is 0 Å². The first kappa shape index (κ1) is 19.3. The second kappa shape index (κ2) is 8.06. The predicted molar refractivity (Wildman–Crippen MR) is 105 cm³/mol. The lowest BCUT2D eigenvalue weighted by Crippen LogP contribution is -2.57. The molecule has 27 heavy (non-hydrogen) atoms. The molecule has 0 bridgehead atoms. The molecule has 1 fully saturated rings. The van der Waals surface area contributed by atoms with Gasteiger partial charge in [-0.3, -0.25) is 4.99 Å². The fourth-order valence-corrected chi connectivity index (χ4v) is 3.32. The maximum Gasteiger partial charge on any atom is 0.410 e. The van der Waals surface area contributed by atoms with Crippen LogP contribution in [-0.2, 0) is 11.3 Å². The maximum atomic E-state index is 12.3. The highest BCUT2D eigenvalue weighted by atomic mass is 16.6. The van der Waals surface area contributed by atoms with Gasteiger partial charge in [-0.05, 0) is 45.4 Å². The first-order valence-electron chi connectivity index (χ1n) is 9.60. The Labute approximate surface area is 161 Å². The Kier molecular flexibility index (Phi) is 5.77. The summed E-state index contributed by atoms with van der Waals surface area (Å²) in [5.74, 6) is 1.79. The molecule has 148 valence electrons. The van der Waals surface area contributed by atoms with Gasteiger partial charge in [0, 0.05) is 26.2 Å². The minimum Gasteiger partial charge on any atom is -0.494 e. The highest BCUT2D eigenvalue weighted by Gasteiger charge is 2.36. The molecule has 3 rings (SSSR count). The van der Waals surface area contributed by atoms with Gasteiger partial charge < -0.3 is 24.6 Å². The minimum absolute atomic E-state index is 0.212. The number of piperazine rings is 1. The van der Waals surface area contributed by atoms with Crippen LogP contribution in [0, 0.1) is 0 Å². The molecule has 1 aromatic rings. The summed E-state index contributed by atoms with van der Waals surface area (Å²) in [5.41, 5.74) is 0.683. The molecule has 1 unspecified atom stereocenters. The van der Waals surface area contributed by atoms with Crippen molar-refractivity contribution in [1.82, 2.24) is 15.1 Å². The van der Waals surface area contributed by atoms with Crippen molar-refractivity contribution in [3.8, 4) is 5.75 Å². The summed E-state index contributed by atoms with van der Waals surface area (Å²) < 4.78 is 11.0. The van der Waals surface area contributed by atoms with E-state index in [9.17, 15) is 4.79 Å². The molecule has 1 aromatic carbocycles. The van der Waals surface area contributed by atoms with E-state index in [-0.39, 0.29) is 12.1 Å². The zero-order chi connectivity index (χ0) is 19.4. The molecule has 2 heterocycles. The van der Waals surface area contributed by atoms with Crippen LogP contribution in [0.1, 0.15) is 33.3 Å². The molecule has 1 amide bonds. The fraction of sp³-hybridized carbons (Fsp3) is 0.600. The van der Waals surface area contributed by atoms with Gasteiger partial charge in [0.25, 0.3) is 0 Å². The first-order valence-corrected chi connectivity index (χ1v) is 9.60. The van der Waals surface area contributed by atoms with Crippen molar-refractivity contribution in [1.29, 1.82) is 0 Å². The molecular weight excluding hydrogens is 344 g/mol. The Morgan fingerprint density at radius 3 is 2.89 bits per heavy atom. The Balaban J connectivity index is 1.52.